The number of aromatic nitrogens is 1. The van der Waals surface area contributed by atoms with Crippen LogP contribution in [0.15, 0.2) is 36.5 Å². The summed E-state index contributed by atoms with van der Waals surface area (Å²) >= 11 is 5.91. The number of rotatable bonds is 4. The van der Waals surface area contributed by atoms with Gasteiger partial charge in [0, 0.05) is 24.3 Å². The lowest BCUT2D eigenvalue weighted by molar-refractivity contribution is 0.423. The third-order valence-electron chi connectivity index (χ3n) is 2.73. The van der Waals surface area contributed by atoms with Gasteiger partial charge in [0.05, 0.1) is 5.02 Å². The summed E-state index contributed by atoms with van der Waals surface area (Å²) in [5.41, 5.74) is 1.11. The summed E-state index contributed by atoms with van der Waals surface area (Å²) in [5.74, 6) is 0.401. The van der Waals surface area contributed by atoms with Gasteiger partial charge in [-0.25, -0.2) is 9.37 Å². The van der Waals surface area contributed by atoms with Crippen LogP contribution in [0.4, 0.5) is 4.39 Å². The van der Waals surface area contributed by atoms with Crippen LogP contribution in [0.1, 0.15) is 26.3 Å². The highest BCUT2D eigenvalue weighted by atomic mass is 35.5. The number of halogens is 2. The smallest absolute Gasteiger partial charge is 0.219 e. The molecule has 0 saturated heterocycles. The molecule has 5 heteroatoms. The molecule has 1 aromatic heterocycles. The van der Waals surface area contributed by atoms with E-state index in [2.05, 4.69) is 31.1 Å². The molecule has 0 atom stereocenters. The highest BCUT2D eigenvalue weighted by Gasteiger charge is 2.09. The minimum absolute atomic E-state index is 0.0524. The minimum atomic E-state index is -0.399. The van der Waals surface area contributed by atoms with Crippen LogP contribution in [0.3, 0.4) is 0 Å². The molecule has 0 unspecified atom stereocenters. The van der Waals surface area contributed by atoms with Crippen molar-refractivity contribution in [3.05, 3.63) is 52.9 Å². The predicted molar refractivity (Wildman–Crippen MR) is 82.3 cm³/mol. The molecule has 112 valence electrons. The molecule has 1 aromatic carbocycles. The van der Waals surface area contributed by atoms with E-state index < -0.39 is 5.82 Å². The molecule has 1 N–H and O–H groups in total. The van der Waals surface area contributed by atoms with Crippen molar-refractivity contribution in [2.45, 2.75) is 32.9 Å². The molecule has 0 spiro atoms. The van der Waals surface area contributed by atoms with E-state index in [0.717, 1.165) is 12.1 Å². The van der Waals surface area contributed by atoms with Crippen molar-refractivity contribution in [3.8, 4) is 11.6 Å². The number of benzene rings is 1. The lowest BCUT2D eigenvalue weighted by Crippen LogP contribution is -2.35. The van der Waals surface area contributed by atoms with Crippen LogP contribution in [-0.4, -0.2) is 10.5 Å². The summed E-state index contributed by atoms with van der Waals surface area (Å²) in [6.07, 6.45) is 1.74. The molecule has 0 saturated carbocycles. The lowest BCUT2D eigenvalue weighted by atomic mass is 10.1. The second kappa shape index (κ2) is 6.41. The van der Waals surface area contributed by atoms with E-state index in [-0.39, 0.29) is 10.6 Å². The quantitative estimate of drug-likeness (QED) is 0.899. The van der Waals surface area contributed by atoms with Crippen LogP contribution in [0.2, 0.25) is 5.02 Å². The monoisotopic (exact) mass is 308 g/mol. The number of nitrogens with zero attached hydrogens (tertiary/aromatic N) is 1. The summed E-state index contributed by atoms with van der Waals surface area (Å²) in [7, 11) is 0. The molecule has 0 amide bonds. The number of nitrogens with one attached hydrogen (secondary N) is 1. The molecule has 21 heavy (non-hydrogen) atoms. The van der Waals surface area contributed by atoms with Crippen LogP contribution in [0.25, 0.3) is 0 Å². The molecule has 1 heterocycles. The van der Waals surface area contributed by atoms with Crippen molar-refractivity contribution in [1.82, 2.24) is 10.3 Å². The zero-order valence-corrected chi connectivity index (χ0v) is 13.0. The lowest BCUT2D eigenvalue weighted by Gasteiger charge is -2.20. The molecule has 2 rings (SSSR count). The first-order valence-electron chi connectivity index (χ1n) is 6.66. The van der Waals surface area contributed by atoms with Crippen molar-refractivity contribution < 1.29 is 9.13 Å². The Labute approximate surface area is 129 Å². The number of pyridine rings is 1. The van der Waals surface area contributed by atoms with Crippen molar-refractivity contribution in [2.75, 3.05) is 0 Å². The van der Waals surface area contributed by atoms with Crippen LogP contribution in [0, 0.1) is 5.82 Å². The Bertz CT molecular complexity index is 609. The average Bonchev–Trinajstić information content (AvgIpc) is 2.40. The summed E-state index contributed by atoms with van der Waals surface area (Å²) in [6, 6.07) is 7.67. The Balaban J connectivity index is 2.02. The molecular formula is C16H18ClFN2O. The van der Waals surface area contributed by atoms with Crippen molar-refractivity contribution in [3.63, 3.8) is 0 Å². The fourth-order valence-electron chi connectivity index (χ4n) is 1.61. The second-order valence-corrected chi connectivity index (χ2v) is 6.19. The molecule has 0 aliphatic heterocycles. The van der Waals surface area contributed by atoms with E-state index in [0.29, 0.717) is 11.6 Å². The van der Waals surface area contributed by atoms with Crippen molar-refractivity contribution in [2.24, 2.45) is 0 Å². The number of hydrogen-bond donors (Lipinski definition) is 1. The Morgan fingerprint density at radius 2 is 2.00 bits per heavy atom. The first-order valence-corrected chi connectivity index (χ1v) is 7.04. The molecule has 0 fully saturated rings. The number of ether oxygens (including phenoxy) is 1. The van der Waals surface area contributed by atoms with Gasteiger partial charge >= 0.3 is 0 Å². The number of hydrogen-bond acceptors (Lipinski definition) is 3. The first-order chi connectivity index (χ1) is 9.83. The van der Waals surface area contributed by atoms with Gasteiger partial charge in [-0.05, 0) is 44.5 Å². The Morgan fingerprint density at radius 1 is 1.24 bits per heavy atom. The van der Waals surface area contributed by atoms with Gasteiger partial charge in [0.25, 0.3) is 0 Å². The molecular weight excluding hydrogens is 291 g/mol. The van der Waals surface area contributed by atoms with Gasteiger partial charge in [0.15, 0.2) is 0 Å². The van der Waals surface area contributed by atoms with Gasteiger partial charge in [-0.3, -0.25) is 0 Å². The first kappa shape index (κ1) is 15.7. The third kappa shape index (κ3) is 4.99. The highest BCUT2D eigenvalue weighted by molar-refractivity contribution is 6.32. The largest absolute Gasteiger partial charge is 0.437 e. The average molecular weight is 309 g/mol. The van der Waals surface area contributed by atoms with E-state index in [4.69, 9.17) is 16.3 Å². The van der Waals surface area contributed by atoms with E-state index >= 15 is 0 Å². The van der Waals surface area contributed by atoms with Crippen LogP contribution in [-0.2, 0) is 6.54 Å². The second-order valence-electron chi connectivity index (χ2n) is 5.79. The zero-order chi connectivity index (χ0) is 15.5. The summed E-state index contributed by atoms with van der Waals surface area (Å²) in [5, 5.41) is 3.60. The normalized spacial score (nSPS) is 11.5. The highest BCUT2D eigenvalue weighted by Crippen LogP contribution is 2.28. The van der Waals surface area contributed by atoms with Gasteiger partial charge in [-0.15, -0.1) is 0 Å². The molecule has 2 aromatic rings. The molecule has 0 aliphatic carbocycles. The Morgan fingerprint density at radius 3 is 2.57 bits per heavy atom. The van der Waals surface area contributed by atoms with Gasteiger partial charge in [-0.1, -0.05) is 17.7 Å². The van der Waals surface area contributed by atoms with E-state index in [9.17, 15) is 4.39 Å². The maximum atomic E-state index is 13.0. The third-order valence-corrected chi connectivity index (χ3v) is 3.02. The summed E-state index contributed by atoms with van der Waals surface area (Å²) in [6.45, 7) is 7.05. The molecule has 3 nitrogen and oxygen atoms in total. The molecule has 0 radical (unpaired) electrons. The van der Waals surface area contributed by atoms with Crippen molar-refractivity contribution in [1.29, 1.82) is 0 Å². The van der Waals surface area contributed by atoms with Crippen LogP contribution in [0.5, 0.6) is 11.6 Å². The maximum absolute atomic E-state index is 13.0. The predicted octanol–water partition coefficient (Wildman–Crippen LogP) is 4.55. The van der Waals surface area contributed by atoms with Gasteiger partial charge in [0.2, 0.25) is 5.88 Å². The van der Waals surface area contributed by atoms with Crippen LogP contribution < -0.4 is 10.1 Å². The minimum Gasteiger partial charge on any atom is -0.437 e. The SMILES string of the molecule is CC(C)(C)NCc1ccc(Oc2ccc(F)cc2Cl)nc1. The fraction of sp³-hybridized carbons (Fsp3) is 0.312. The van der Waals surface area contributed by atoms with Crippen LogP contribution >= 0.6 is 11.6 Å². The topological polar surface area (TPSA) is 34.1 Å². The molecule has 0 bridgehead atoms. The standard InChI is InChI=1S/C16H18ClFN2O/c1-16(2,3)20-10-11-4-7-15(19-9-11)21-14-6-5-12(18)8-13(14)17/h4-9,20H,10H2,1-3H3. The Hall–Kier alpha value is -1.65. The Kier molecular flexibility index (Phi) is 4.80. The fourth-order valence-corrected chi connectivity index (χ4v) is 1.82. The summed E-state index contributed by atoms with van der Waals surface area (Å²) < 4.78 is 18.5. The maximum Gasteiger partial charge on any atom is 0.219 e. The molecule has 0 aliphatic rings. The van der Waals surface area contributed by atoms with E-state index in [1.807, 2.05) is 6.07 Å². The van der Waals surface area contributed by atoms with Gasteiger partial charge < -0.3 is 10.1 Å². The van der Waals surface area contributed by atoms with Gasteiger partial charge in [-0.2, -0.15) is 0 Å². The van der Waals surface area contributed by atoms with Crippen molar-refractivity contribution >= 4 is 11.6 Å². The summed E-state index contributed by atoms with van der Waals surface area (Å²) in [4.78, 5) is 4.22. The van der Waals surface area contributed by atoms with E-state index in [1.165, 1.54) is 18.2 Å². The van der Waals surface area contributed by atoms with Gasteiger partial charge in [0.1, 0.15) is 11.6 Å². The van der Waals surface area contributed by atoms with E-state index in [1.54, 1.807) is 12.3 Å². The zero-order valence-electron chi connectivity index (χ0n) is 12.3.